The highest BCUT2D eigenvalue weighted by Crippen LogP contribution is 2.33. The summed E-state index contributed by atoms with van der Waals surface area (Å²) < 4.78 is 16.7. The summed E-state index contributed by atoms with van der Waals surface area (Å²) >= 11 is 4.96. The first-order valence-electron chi connectivity index (χ1n) is 5.44. The van der Waals surface area contributed by atoms with Crippen LogP contribution in [-0.4, -0.2) is 3.97 Å². The molecular formula is C14H9BrFNS. The predicted octanol–water partition coefficient (Wildman–Crippen LogP) is 5.10. The van der Waals surface area contributed by atoms with Crippen molar-refractivity contribution in [2.24, 2.45) is 0 Å². The monoisotopic (exact) mass is 321 g/mol. The van der Waals surface area contributed by atoms with Crippen LogP contribution in [0.4, 0.5) is 4.39 Å². The molecule has 90 valence electrons. The van der Waals surface area contributed by atoms with Crippen LogP contribution >= 0.6 is 27.9 Å². The molecule has 2 aromatic carbocycles. The number of halogens is 2. The van der Waals surface area contributed by atoms with E-state index in [9.17, 15) is 4.39 Å². The van der Waals surface area contributed by atoms with Crippen LogP contribution in [0, 0.1) is 5.82 Å². The average molecular weight is 322 g/mol. The third-order valence-corrected chi connectivity index (χ3v) is 4.24. The van der Waals surface area contributed by atoms with Crippen LogP contribution < -0.4 is 0 Å². The number of benzene rings is 2. The van der Waals surface area contributed by atoms with Crippen molar-refractivity contribution in [1.82, 2.24) is 3.97 Å². The van der Waals surface area contributed by atoms with E-state index in [2.05, 4.69) is 15.9 Å². The first-order chi connectivity index (χ1) is 8.75. The molecule has 0 aliphatic carbocycles. The quantitative estimate of drug-likeness (QED) is 0.635. The van der Waals surface area contributed by atoms with Crippen LogP contribution in [0.3, 0.4) is 0 Å². The molecule has 0 bridgehead atoms. The molecule has 1 nitrogen and oxygen atoms in total. The fourth-order valence-corrected chi connectivity index (χ4v) is 3.44. The number of fused-ring (bicyclic) bond motifs is 1. The van der Waals surface area contributed by atoms with Gasteiger partial charge in [0.15, 0.2) is 0 Å². The van der Waals surface area contributed by atoms with Gasteiger partial charge in [-0.1, -0.05) is 30.3 Å². The van der Waals surface area contributed by atoms with E-state index in [4.69, 9.17) is 0 Å². The number of rotatable bonds is 2. The van der Waals surface area contributed by atoms with Gasteiger partial charge in [-0.2, -0.15) is 0 Å². The summed E-state index contributed by atoms with van der Waals surface area (Å²) in [6.45, 7) is 0. The zero-order chi connectivity index (χ0) is 12.5. The van der Waals surface area contributed by atoms with Gasteiger partial charge in [0.1, 0.15) is 5.82 Å². The molecule has 0 N–H and O–H groups in total. The van der Waals surface area contributed by atoms with Crippen LogP contribution in [0.2, 0.25) is 0 Å². The Hall–Kier alpha value is -1.26. The van der Waals surface area contributed by atoms with Crippen LogP contribution in [-0.2, 0) is 0 Å². The molecule has 0 aliphatic heterocycles. The SMILES string of the molecule is Fc1cccc2c(Br)cn(Sc3ccccc3)c12. The molecule has 3 aromatic rings. The van der Waals surface area contributed by atoms with Crippen molar-refractivity contribution in [2.45, 2.75) is 4.90 Å². The Morgan fingerprint density at radius 1 is 1.00 bits per heavy atom. The van der Waals surface area contributed by atoms with Crippen LogP contribution in [0.5, 0.6) is 0 Å². The van der Waals surface area contributed by atoms with Crippen molar-refractivity contribution < 1.29 is 4.39 Å². The van der Waals surface area contributed by atoms with Crippen molar-refractivity contribution in [3.8, 4) is 0 Å². The highest BCUT2D eigenvalue weighted by molar-refractivity contribution is 9.10. The number of hydrogen-bond acceptors (Lipinski definition) is 1. The summed E-state index contributed by atoms with van der Waals surface area (Å²) in [7, 11) is 0. The molecule has 0 saturated carbocycles. The van der Waals surface area contributed by atoms with E-state index in [1.165, 1.54) is 18.0 Å². The first kappa shape index (κ1) is 11.8. The van der Waals surface area contributed by atoms with E-state index in [1.807, 2.05) is 46.6 Å². The molecule has 4 heteroatoms. The molecule has 0 radical (unpaired) electrons. The number of para-hydroxylation sites is 1. The van der Waals surface area contributed by atoms with Crippen molar-refractivity contribution in [3.05, 3.63) is 65.0 Å². The third kappa shape index (κ3) is 2.06. The minimum absolute atomic E-state index is 0.207. The zero-order valence-corrected chi connectivity index (χ0v) is 11.7. The highest BCUT2D eigenvalue weighted by Gasteiger charge is 2.11. The van der Waals surface area contributed by atoms with Crippen LogP contribution in [0.15, 0.2) is 64.1 Å². The zero-order valence-electron chi connectivity index (χ0n) is 9.31. The lowest BCUT2D eigenvalue weighted by molar-refractivity contribution is 0.636. The minimum Gasteiger partial charge on any atom is -0.283 e. The Morgan fingerprint density at radius 2 is 1.78 bits per heavy atom. The second kappa shape index (κ2) is 4.78. The second-order valence-electron chi connectivity index (χ2n) is 3.84. The summed E-state index contributed by atoms with van der Waals surface area (Å²) in [6.07, 6.45) is 1.89. The maximum atomic E-state index is 13.9. The summed E-state index contributed by atoms with van der Waals surface area (Å²) in [4.78, 5) is 1.07. The largest absolute Gasteiger partial charge is 0.283 e. The van der Waals surface area contributed by atoms with Gasteiger partial charge >= 0.3 is 0 Å². The normalized spacial score (nSPS) is 11.0. The maximum Gasteiger partial charge on any atom is 0.148 e. The van der Waals surface area contributed by atoms with Gasteiger partial charge in [0.25, 0.3) is 0 Å². The molecule has 1 aromatic heterocycles. The smallest absolute Gasteiger partial charge is 0.148 e. The van der Waals surface area contributed by atoms with E-state index >= 15 is 0 Å². The molecule has 0 unspecified atom stereocenters. The van der Waals surface area contributed by atoms with E-state index < -0.39 is 0 Å². The number of hydrogen-bond donors (Lipinski definition) is 0. The van der Waals surface area contributed by atoms with Crippen molar-refractivity contribution >= 4 is 38.8 Å². The van der Waals surface area contributed by atoms with Crippen LogP contribution in [0.1, 0.15) is 0 Å². The van der Waals surface area contributed by atoms with Gasteiger partial charge in [-0.25, -0.2) is 4.39 Å². The Bertz CT molecular complexity index is 694. The van der Waals surface area contributed by atoms with Crippen LogP contribution in [0.25, 0.3) is 10.9 Å². The van der Waals surface area contributed by atoms with E-state index in [0.29, 0.717) is 5.52 Å². The Labute approximate surface area is 117 Å². The molecule has 3 rings (SSSR count). The van der Waals surface area contributed by atoms with Gasteiger partial charge in [0.2, 0.25) is 0 Å². The fourth-order valence-electron chi connectivity index (χ4n) is 1.84. The lowest BCUT2D eigenvalue weighted by Crippen LogP contribution is -1.87. The van der Waals surface area contributed by atoms with E-state index in [1.54, 1.807) is 6.07 Å². The lowest BCUT2D eigenvalue weighted by atomic mass is 10.2. The molecule has 0 amide bonds. The second-order valence-corrected chi connectivity index (χ2v) is 5.74. The van der Waals surface area contributed by atoms with Crippen molar-refractivity contribution in [3.63, 3.8) is 0 Å². The topological polar surface area (TPSA) is 4.93 Å². The lowest BCUT2D eigenvalue weighted by Gasteiger charge is -2.04. The maximum absolute atomic E-state index is 13.9. The Balaban J connectivity index is 2.13. The molecule has 0 saturated heterocycles. The Kier molecular flexibility index (Phi) is 3.14. The van der Waals surface area contributed by atoms with Gasteiger partial charge in [-0.3, -0.25) is 3.97 Å². The summed E-state index contributed by atoms with van der Waals surface area (Å²) in [5.74, 6) is -0.207. The number of nitrogens with zero attached hydrogens (tertiary/aromatic N) is 1. The molecular weight excluding hydrogens is 313 g/mol. The van der Waals surface area contributed by atoms with Gasteiger partial charge in [-0.05, 0) is 46.1 Å². The van der Waals surface area contributed by atoms with E-state index in [0.717, 1.165) is 14.8 Å². The molecule has 18 heavy (non-hydrogen) atoms. The molecule has 0 aliphatic rings. The summed E-state index contributed by atoms with van der Waals surface area (Å²) in [6, 6.07) is 15.0. The van der Waals surface area contributed by atoms with Gasteiger partial charge in [0.05, 0.1) is 5.52 Å². The first-order valence-corrected chi connectivity index (χ1v) is 7.01. The molecule has 1 heterocycles. The van der Waals surface area contributed by atoms with Crippen molar-refractivity contribution in [1.29, 1.82) is 0 Å². The molecule has 0 atom stereocenters. The molecule has 0 spiro atoms. The highest BCUT2D eigenvalue weighted by atomic mass is 79.9. The molecule has 0 fully saturated rings. The van der Waals surface area contributed by atoms with E-state index in [-0.39, 0.29) is 5.82 Å². The standard InChI is InChI=1S/C14H9BrFNS/c15-12-9-17(18-10-5-2-1-3-6-10)14-11(12)7-4-8-13(14)16/h1-9H. The van der Waals surface area contributed by atoms with Crippen molar-refractivity contribution in [2.75, 3.05) is 0 Å². The summed E-state index contributed by atoms with van der Waals surface area (Å²) in [5.41, 5.74) is 0.609. The van der Waals surface area contributed by atoms with Gasteiger partial charge in [-0.15, -0.1) is 0 Å². The van der Waals surface area contributed by atoms with Gasteiger partial charge < -0.3 is 0 Å². The fraction of sp³-hybridized carbons (Fsp3) is 0. The number of aromatic nitrogens is 1. The third-order valence-electron chi connectivity index (χ3n) is 2.64. The Morgan fingerprint density at radius 3 is 2.56 bits per heavy atom. The summed E-state index contributed by atoms with van der Waals surface area (Å²) in [5, 5.41) is 0.887. The minimum atomic E-state index is -0.207. The average Bonchev–Trinajstić information content (AvgIpc) is 2.69. The predicted molar refractivity (Wildman–Crippen MR) is 77.3 cm³/mol. The van der Waals surface area contributed by atoms with Gasteiger partial charge in [0, 0.05) is 21.0 Å².